The van der Waals surface area contributed by atoms with Gasteiger partial charge in [-0.1, -0.05) is 24.3 Å². The molecule has 1 aromatic heterocycles. The van der Waals surface area contributed by atoms with E-state index < -0.39 is 0 Å². The first kappa shape index (κ1) is 18.3. The lowest BCUT2D eigenvalue weighted by molar-refractivity contribution is -0.131. The van der Waals surface area contributed by atoms with Gasteiger partial charge in [-0.2, -0.15) is 5.10 Å². The van der Waals surface area contributed by atoms with E-state index in [1.54, 1.807) is 11.9 Å². The molecule has 6 heteroatoms. The maximum atomic E-state index is 12.6. The van der Waals surface area contributed by atoms with Gasteiger partial charge < -0.3 is 4.90 Å². The highest BCUT2D eigenvalue weighted by Gasteiger charge is 2.25. The number of nitrogens with zero attached hydrogens (tertiary/aromatic N) is 4. The summed E-state index contributed by atoms with van der Waals surface area (Å²) in [5, 5.41) is 4.23. The van der Waals surface area contributed by atoms with Gasteiger partial charge in [0.2, 0.25) is 5.91 Å². The summed E-state index contributed by atoms with van der Waals surface area (Å²) < 4.78 is 1.25. The van der Waals surface area contributed by atoms with Crippen LogP contribution in [-0.2, 0) is 24.3 Å². The molecule has 0 radical (unpaired) electrons. The van der Waals surface area contributed by atoms with Gasteiger partial charge in [-0.15, -0.1) is 0 Å². The van der Waals surface area contributed by atoms with Crippen LogP contribution >= 0.6 is 0 Å². The van der Waals surface area contributed by atoms with Crippen LogP contribution in [0.2, 0.25) is 0 Å². The Morgan fingerprint density at radius 1 is 1.27 bits per heavy atom. The first-order chi connectivity index (χ1) is 12.3. The lowest BCUT2D eigenvalue weighted by atomic mass is 9.94. The third kappa shape index (κ3) is 3.85. The molecule has 2 aromatic rings. The van der Waals surface area contributed by atoms with Crippen LogP contribution in [0, 0.1) is 13.8 Å². The Morgan fingerprint density at radius 3 is 2.69 bits per heavy atom. The second kappa shape index (κ2) is 7.41. The third-order valence-corrected chi connectivity index (χ3v) is 5.25. The van der Waals surface area contributed by atoms with Gasteiger partial charge in [-0.05, 0) is 44.0 Å². The highest BCUT2D eigenvalue weighted by molar-refractivity contribution is 5.75. The molecule has 26 heavy (non-hydrogen) atoms. The van der Waals surface area contributed by atoms with Gasteiger partial charge in [0, 0.05) is 32.2 Å². The molecule has 0 fully saturated rings. The summed E-state index contributed by atoms with van der Waals surface area (Å²) in [6.07, 6.45) is 0.923. The molecule has 6 nitrogen and oxygen atoms in total. The van der Waals surface area contributed by atoms with Gasteiger partial charge >= 0.3 is 0 Å². The lowest BCUT2D eigenvalue weighted by Crippen LogP contribution is -2.47. The van der Waals surface area contributed by atoms with Crippen molar-refractivity contribution in [1.82, 2.24) is 19.6 Å². The SMILES string of the molecule is Cc1cc(=O)n(CC(=O)N(C)C[C@@H]2Cc3ccccc3CN2C)nc1C. The summed E-state index contributed by atoms with van der Waals surface area (Å²) in [6, 6.07) is 10.2. The van der Waals surface area contributed by atoms with Crippen LogP contribution in [0.1, 0.15) is 22.4 Å². The molecule has 1 aliphatic rings. The van der Waals surface area contributed by atoms with Crippen molar-refractivity contribution in [2.75, 3.05) is 20.6 Å². The van der Waals surface area contributed by atoms with E-state index in [2.05, 4.69) is 41.3 Å². The van der Waals surface area contributed by atoms with E-state index in [4.69, 9.17) is 0 Å². The molecular formula is C20H26N4O2. The van der Waals surface area contributed by atoms with Crippen molar-refractivity contribution in [2.24, 2.45) is 0 Å². The number of fused-ring (bicyclic) bond motifs is 1. The quantitative estimate of drug-likeness (QED) is 0.832. The Balaban J connectivity index is 1.66. The maximum absolute atomic E-state index is 12.6. The van der Waals surface area contributed by atoms with E-state index in [-0.39, 0.29) is 24.1 Å². The molecule has 1 atom stereocenters. The Hall–Kier alpha value is -2.47. The van der Waals surface area contributed by atoms with Crippen molar-refractivity contribution in [3.63, 3.8) is 0 Å². The standard InChI is InChI=1S/C20H26N4O2/c1-14-9-19(25)24(21-15(14)2)13-20(26)23(4)12-18-10-16-7-5-6-8-17(16)11-22(18)3/h5-9,18H,10-13H2,1-4H3/t18-/m0/s1. The van der Waals surface area contributed by atoms with Crippen molar-refractivity contribution in [2.45, 2.75) is 39.4 Å². The zero-order valence-electron chi connectivity index (χ0n) is 15.9. The number of benzene rings is 1. The van der Waals surface area contributed by atoms with Gasteiger partial charge in [-0.3, -0.25) is 14.5 Å². The molecule has 0 N–H and O–H groups in total. The number of aromatic nitrogens is 2. The molecule has 3 rings (SSSR count). The van der Waals surface area contributed by atoms with Crippen LogP contribution in [0.4, 0.5) is 0 Å². The third-order valence-electron chi connectivity index (χ3n) is 5.25. The average molecular weight is 354 g/mol. The molecule has 0 aliphatic carbocycles. The summed E-state index contributed by atoms with van der Waals surface area (Å²) >= 11 is 0. The fraction of sp³-hybridized carbons (Fsp3) is 0.450. The largest absolute Gasteiger partial charge is 0.343 e. The minimum absolute atomic E-state index is 0.0243. The second-order valence-corrected chi connectivity index (χ2v) is 7.22. The summed E-state index contributed by atoms with van der Waals surface area (Å²) in [5.41, 5.74) is 4.08. The fourth-order valence-corrected chi connectivity index (χ4v) is 3.38. The number of hydrogen-bond acceptors (Lipinski definition) is 4. The molecular weight excluding hydrogens is 328 g/mol. The molecule has 0 saturated heterocycles. The number of carbonyl (C=O) groups excluding carboxylic acids is 1. The van der Waals surface area contributed by atoms with E-state index in [1.807, 2.05) is 13.8 Å². The first-order valence-corrected chi connectivity index (χ1v) is 8.91. The number of amides is 1. The minimum atomic E-state index is -0.237. The monoisotopic (exact) mass is 354 g/mol. The first-order valence-electron chi connectivity index (χ1n) is 8.91. The molecule has 1 aromatic carbocycles. The molecule has 1 aliphatic heterocycles. The van der Waals surface area contributed by atoms with Gasteiger partial charge in [0.25, 0.3) is 5.56 Å². The van der Waals surface area contributed by atoms with Crippen molar-refractivity contribution in [3.8, 4) is 0 Å². The molecule has 138 valence electrons. The van der Waals surface area contributed by atoms with E-state index >= 15 is 0 Å². The molecule has 2 heterocycles. The number of hydrogen-bond donors (Lipinski definition) is 0. The van der Waals surface area contributed by atoms with Crippen molar-refractivity contribution >= 4 is 5.91 Å². The minimum Gasteiger partial charge on any atom is -0.343 e. The van der Waals surface area contributed by atoms with Crippen LogP contribution in [0.25, 0.3) is 0 Å². The van der Waals surface area contributed by atoms with E-state index in [0.717, 1.165) is 24.2 Å². The van der Waals surface area contributed by atoms with Crippen LogP contribution in [-0.4, -0.2) is 52.2 Å². The predicted octanol–water partition coefficient (Wildman–Crippen LogP) is 1.38. The van der Waals surface area contributed by atoms with E-state index in [0.29, 0.717) is 6.54 Å². The average Bonchev–Trinajstić information content (AvgIpc) is 2.60. The van der Waals surface area contributed by atoms with Gasteiger partial charge in [-0.25, -0.2) is 4.68 Å². The highest BCUT2D eigenvalue weighted by atomic mass is 16.2. The normalized spacial score (nSPS) is 17.0. The molecule has 0 spiro atoms. The predicted molar refractivity (Wildman–Crippen MR) is 101 cm³/mol. The molecule has 0 bridgehead atoms. The van der Waals surface area contributed by atoms with Crippen molar-refractivity contribution in [3.05, 3.63) is 63.1 Å². The van der Waals surface area contributed by atoms with E-state index in [1.165, 1.54) is 21.9 Å². The molecule has 0 unspecified atom stereocenters. The van der Waals surface area contributed by atoms with Gasteiger partial charge in [0.15, 0.2) is 0 Å². The number of aryl methyl sites for hydroxylation is 2. The van der Waals surface area contributed by atoms with Gasteiger partial charge in [0.1, 0.15) is 6.54 Å². The van der Waals surface area contributed by atoms with Gasteiger partial charge in [0.05, 0.1) is 5.69 Å². The number of carbonyl (C=O) groups is 1. The smallest absolute Gasteiger partial charge is 0.267 e. The van der Waals surface area contributed by atoms with Crippen LogP contribution < -0.4 is 5.56 Å². The summed E-state index contributed by atoms with van der Waals surface area (Å²) in [7, 11) is 3.89. The molecule has 1 amide bonds. The summed E-state index contributed by atoms with van der Waals surface area (Å²) in [4.78, 5) is 28.6. The highest BCUT2D eigenvalue weighted by Crippen LogP contribution is 2.22. The Kier molecular flexibility index (Phi) is 5.23. The Labute approximate surface area is 154 Å². The Bertz CT molecular complexity index is 874. The van der Waals surface area contributed by atoms with Crippen LogP contribution in [0.3, 0.4) is 0 Å². The second-order valence-electron chi connectivity index (χ2n) is 7.22. The number of likely N-dealkylation sites (N-methyl/N-ethyl adjacent to an activating group) is 2. The van der Waals surface area contributed by atoms with Crippen molar-refractivity contribution in [1.29, 1.82) is 0 Å². The maximum Gasteiger partial charge on any atom is 0.267 e. The van der Waals surface area contributed by atoms with E-state index in [9.17, 15) is 9.59 Å². The fourth-order valence-electron chi connectivity index (χ4n) is 3.38. The summed E-state index contributed by atoms with van der Waals surface area (Å²) in [6.45, 7) is 5.18. The summed E-state index contributed by atoms with van der Waals surface area (Å²) in [5.74, 6) is -0.102. The zero-order chi connectivity index (χ0) is 18.8. The van der Waals surface area contributed by atoms with Crippen LogP contribution in [0.5, 0.6) is 0 Å². The number of rotatable bonds is 4. The lowest BCUT2D eigenvalue weighted by Gasteiger charge is -2.36. The molecule has 0 saturated carbocycles. The Morgan fingerprint density at radius 2 is 1.96 bits per heavy atom. The topological polar surface area (TPSA) is 58.4 Å². The van der Waals surface area contributed by atoms with Crippen LogP contribution in [0.15, 0.2) is 35.1 Å². The van der Waals surface area contributed by atoms with Crippen molar-refractivity contribution < 1.29 is 4.79 Å². The zero-order valence-corrected chi connectivity index (χ0v) is 15.9.